The van der Waals surface area contributed by atoms with Crippen LogP contribution in [0.1, 0.15) is 43.0 Å². The molecule has 30 heavy (non-hydrogen) atoms. The topological polar surface area (TPSA) is 140 Å². The van der Waals surface area contributed by atoms with E-state index in [-0.39, 0.29) is 27.5 Å². The Morgan fingerprint density at radius 2 is 1.83 bits per heavy atom. The van der Waals surface area contributed by atoms with E-state index >= 15 is 0 Å². The Kier molecular flexibility index (Phi) is 7.97. The molecule has 2 rings (SSSR count). The monoisotopic (exact) mass is 435 g/mol. The zero-order valence-electron chi connectivity index (χ0n) is 17.0. The summed E-state index contributed by atoms with van der Waals surface area (Å²) in [5, 5.41) is 8.94. The Morgan fingerprint density at radius 1 is 1.20 bits per heavy atom. The van der Waals surface area contributed by atoms with Crippen molar-refractivity contribution >= 4 is 21.8 Å². The average Bonchev–Trinajstić information content (AvgIpc) is 3.02. The van der Waals surface area contributed by atoms with Gasteiger partial charge in [-0.2, -0.15) is 9.57 Å². The number of hydrogen-bond acceptors (Lipinski definition) is 8. The summed E-state index contributed by atoms with van der Waals surface area (Å²) in [7, 11) is -2.53. The Bertz CT molecular complexity index is 982. The van der Waals surface area contributed by atoms with Crippen molar-refractivity contribution in [2.75, 3.05) is 26.8 Å². The molecule has 0 aliphatic carbocycles. The third-order valence-electron chi connectivity index (χ3n) is 4.70. The zero-order chi connectivity index (χ0) is 22.3. The number of methoxy groups -OCH3 is 1. The molecule has 10 heteroatoms. The third kappa shape index (κ3) is 5.37. The summed E-state index contributed by atoms with van der Waals surface area (Å²) in [5.74, 6) is -1.53. The summed E-state index contributed by atoms with van der Waals surface area (Å²) >= 11 is 0. The molecule has 1 aliphatic rings. The molecule has 1 heterocycles. The van der Waals surface area contributed by atoms with E-state index in [1.165, 1.54) is 36.5 Å². The summed E-state index contributed by atoms with van der Waals surface area (Å²) in [6.45, 7) is 1.50. The quantitative estimate of drug-likeness (QED) is 0.388. The van der Waals surface area contributed by atoms with Crippen LogP contribution >= 0.6 is 0 Å². The molecule has 0 saturated carbocycles. The third-order valence-corrected chi connectivity index (χ3v) is 6.62. The van der Waals surface area contributed by atoms with Crippen molar-refractivity contribution in [3.63, 3.8) is 0 Å². The number of esters is 1. The summed E-state index contributed by atoms with van der Waals surface area (Å²) in [5.41, 5.74) is 5.14. The highest BCUT2D eigenvalue weighted by molar-refractivity contribution is 7.89. The maximum Gasteiger partial charge on any atom is 0.338 e. The number of ketones is 1. The van der Waals surface area contributed by atoms with E-state index in [0.717, 1.165) is 25.7 Å². The van der Waals surface area contributed by atoms with Crippen LogP contribution in [-0.2, 0) is 19.6 Å². The highest BCUT2D eigenvalue weighted by Crippen LogP contribution is 2.29. The van der Waals surface area contributed by atoms with E-state index in [0.29, 0.717) is 13.1 Å². The second-order valence-electron chi connectivity index (χ2n) is 6.85. The van der Waals surface area contributed by atoms with Crippen molar-refractivity contribution in [1.82, 2.24) is 4.31 Å². The fraction of sp³-hybridized carbons (Fsp3) is 0.450. The van der Waals surface area contributed by atoms with Crippen LogP contribution in [0.5, 0.6) is 5.75 Å². The summed E-state index contributed by atoms with van der Waals surface area (Å²) in [6, 6.07) is 5.56. The fourth-order valence-electron chi connectivity index (χ4n) is 3.08. The number of ether oxygens (including phenoxy) is 2. The molecule has 1 aromatic rings. The Labute approximate surface area is 176 Å². The maximum absolute atomic E-state index is 13.1. The van der Waals surface area contributed by atoms with E-state index in [1.54, 1.807) is 6.07 Å². The van der Waals surface area contributed by atoms with Gasteiger partial charge in [0.2, 0.25) is 15.8 Å². The summed E-state index contributed by atoms with van der Waals surface area (Å²) in [6.07, 6.45) is 3.46. The van der Waals surface area contributed by atoms with Crippen LogP contribution in [0, 0.1) is 11.3 Å². The molecule has 0 spiro atoms. The average molecular weight is 436 g/mol. The van der Waals surface area contributed by atoms with Gasteiger partial charge in [-0.15, -0.1) is 0 Å². The molecule has 1 fully saturated rings. The van der Waals surface area contributed by atoms with Gasteiger partial charge in [0.05, 0.1) is 12.7 Å². The predicted molar refractivity (Wildman–Crippen MR) is 108 cm³/mol. The van der Waals surface area contributed by atoms with Gasteiger partial charge in [0.1, 0.15) is 22.3 Å². The highest BCUT2D eigenvalue weighted by Gasteiger charge is 2.29. The van der Waals surface area contributed by atoms with Crippen molar-refractivity contribution in [2.24, 2.45) is 5.73 Å². The first-order chi connectivity index (χ1) is 14.2. The van der Waals surface area contributed by atoms with Crippen LogP contribution < -0.4 is 10.5 Å². The van der Waals surface area contributed by atoms with Crippen LogP contribution in [0.25, 0.3) is 0 Å². The number of hydrogen-bond donors (Lipinski definition) is 1. The fourth-order valence-corrected chi connectivity index (χ4v) is 4.78. The number of carbonyl (C=O) groups is 2. The van der Waals surface area contributed by atoms with Gasteiger partial charge in [-0.05, 0) is 38.0 Å². The second-order valence-corrected chi connectivity index (χ2v) is 8.76. The van der Waals surface area contributed by atoms with Gasteiger partial charge in [-0.3, -0.25) is 4.79 Å². The number of nitrogens with zero attached hydrogens (tertiary/aromatic N) is 2. The van der Waals surface area contributed by atoms with E-state index in [2.05, 4.69) is 0 Å². The Balaban J connectivity index is 2.27. The molecule has 1 aromatic carbocycles. The van der Waals surface area contributed by atoms with Crippen LogP contribution in [0.4, 0.5) is 0 Å². The lowest BCUT2D eigenvalue weighted by molar-refractivity contribution is -0.118. The van der Waals surface area contributed by atoms with E-state index in [4.69, 9.17) is 20.5 Å². The van der Waals surface area contributed by atoms with Gasteiger partial charge in [0.25, 0.3) is 0 Å². The number of Topliss-reactive ketones (excluding diaryl/α,β-unsaturated/α-hetero) is 1. The molecule has 0 radical (unpaired) electrons. The van der Waals surface area contributed by atoms with Crippen LogP contribution in [0.3, 0.4) is 0 Å². The minimum atomic E-state index is -3.88. The van der Waals surface area contributed by atoms with Crippen molar-refractivity contribution in [1.29, 1.82) is 5.26 Å². The maximum atomic E-state index is 13.1. The first-order valence-corrected chi connectivity index (χ1v) is 10.9. The van der Waals surface area contributed by atoms with Crippen LogP contribution in [0.15, 0.2) is 34.4 Å². The first-order valence-electron chi connectivity index (χ1n) is 9.47. The number of nitrogens with two attached hydrogens (primary N) is 1. The van der Waals surface area contributed by atoms with Gasteiger partial charge >= 0.3 is 5.97 Å². The van der Waals surface area contributed by atoms with Crippen molar-refractivity contribution in [3.8, 4) is 11.8 Å². The lowest BCUT2D eigenvalue weighted by Gasteiger charge is -2.21. The Morgan fingerprint density at radius 3 is 2.37 bits per heavy atom. The van der Waals surface area contributed by atoms with Crippen LogP contribution in [-0.4, -0.2) is 51.3 Å². The number of carbonyl (C=O) groups excluding carboxylic acids is 2. The molecular formula is C20H25N3O6S. The molecule has 1 saturated heterocycles. The van der Waals surface area contributed by atoms with Gasteiger partial charge in [-0.1, -0.05) is 12.8 Å². The standard InChI is InChI=1S/C20H25N3O6S/c1-14(22)16(12-21)17(24)13-29-20(25)15-7-8-18(28-2)19(11-15)30(26,27)23-9-5-3-4-6-10-23/h7-8,11H,3-6,9-10,13,22H2,1-2H3/b16-14+. The van der Waals surface area contributed by atoms with Crippen LogP contribution in [0.2, 0.25) is 0 Å². The molecule has 0 bridgehead atoms. The minimum absolute atomic E-state index is 0.0221. The highest BCUT2D eigenvalue weighted by atomic mass is 32.2. The zero-order valence-corrected chi connectivity index (χ0v) is 17.8. The molecule has 0 aromatic heterocycles. The van der Waals surface area contributed by atoms with Crippen molar-refractivity contribution in [2.45, 2.75) is 37.5 Å². The number of nitriles is 1. The number of allylic oxidation sites excluding steroid dienone is 1. The lowest BCUT2D eigenvalue weighted by atomic mass is 10.1. The molecule has 0 atom stereocenters. The van der Waals surface area contributed by atoms with Crippen molar-refractivity contribution in [3.05, 3.63) is 35.0 Å². The van der Waals surface area contributed by atoms with E-state index < -0.39 is 28.4 Å². The van der Waals surface area contributed by atoms with Gasteiger partial charge in [0, 0.05) is 18.8 Å². The smallest absolute Gasteiger partial charge is 0.338 e. The van der Waals surface area contributed by atoms with Gasteiger partial charge < -0.3 is 15.2 Å². The number of benzene rings is 1. The number of rotatable bonds is 7. The molecular weight excluding hydrogens is 410 g/mol. The van der Waals surface area contributed by atoms with Gasteiger partial charge in [0.15, 0.2) is 6.61 Å². The predicted octanol–water partition coefficient (Wildman–Crippen LogP) is 1.74. The first kappa shape index (κ1) is 23.4. The van der Waals surface area contributed by atoms with E-state index in [9.17, 15) is 18.0 Å². The molecule has 162 valence electrons. The minimum Gasteiger partial charge on any atom is -0.495 e. The second kappa shape index (κ2) is 10.2. The largest absolute Gasteiger partial charge is 0.495 e. The van der Waals surface area contributed by atoms with Crippen molar-refractivity contribution < 1.29 is 27.5 Å². The summed E-state index contributed by atoms with van der Waals surface area (Å²) < 4.78 is 37.8. The summed E-state index contributed by atoms with van der Waals surface area (Å²) in [4.78, 5) is 24.2. The molecule has 9 nitrogen and oxygen atoms in total. The molecule has 0 unspecified atom stereocenters. The normalized spacial score (nSPS) is 16.0. The Hall–Kier alpha value is -2.90. The van der Waals surface area contributed by atoms with E-state index in [1.807, 2.05) is 0 Å². The lowest BCUT2D eigenvalue weighted by Crippen LogP contribution is -2.32. The number of sulfonamides is 1. The molecule has 1 aliphatic heterocycles. The molecule has 2 N–H and O–H groups in total. The van der Waals surface area contributed by atoms with Gasteiger partial charge in [-0.25, -0.2) is 13.2 Å². The molecule has 0 amide bonds. The SMILES string of the molecule is COc1ccc(C(=O)OCC(=O)/C(C#N)=C(\C)N)cc1S(=O)(=O)N1CCCCCC1.